The number of aromatic nitrogens is 3. The zero-order valence-electron chi connectivity index (χ0n) is 13.9. The Morgan fingerprint density at radius 3 is 2.67 bits per heavy atom. The molecule has 128 valence electrons. The number of rotatable bonds is 5. The van der Waals surface area contributed by atoms with Crippen molar-refractivity contribution in [1.82, 2.24) is 20.1 Å². The van der Waals surface area contributed by atoms with Crippen molar-refractivity contribution in [3.8, 4) is 0 Å². The van der Waals surface area contributed by atoms with Gasteiger partial charge in [0.1, 0.15) is 11.9 Å². The van der Waals surface area contributed by atoms with Gasteiger partial charge in [-0.25, -0.2) is 4.98 Å². The van der Waals surface area contributed by atoms with Gasteiger partial charge in [-0.05, 0) is 19.2 Å². The van der Waals surface area contributed by atoms with Crippen LogP contribution in [0.1, 0.15) is 11.6 Å². The fourth-order valence-corrected chi connectivity index (χ4v) is 2.69. The maximum absolute atomic E-state index is 12.5. The number of ether oxygens (including phenoxy) is 1. The minimum Gasteiger partial charge on any atom is -0.378 e. The maximum Gasteiger partial charge on any atom is 0.246 e. The Labute approximate surface area is 140 Å². The highest BCUT2D eigenvalue weighted by Crippen LogP contribution is 2.18. The minimum absolute atomic E-state index is 0.147. The number of nitrogens with zero attached hydrogens (tertiary/aromatic N) is 4. The zero-order chi connectivity index (χ0) is 16.9. The molecule has 1 atom stereocenters. The van der Waals surface area contributed by atoms with E-state index in [0.29, 0.717) is 5.69 Å². The normalized spacial score (nSPS) is 16.0. The molecule has 1 fully saturated rings. The molecule has 8 nitrogen and oxygen atoms in total. The van der Waals surface area contributed by atoms with E-state index in [4.69, 9.17) is 4.74 Å². The van der Waals surface area contributed by atoms with Crippen LogP contribution in [-0.4, -0.2) is 54.0 Å². The first-order valence-electron chi connectivity index (χ1n) is 7.93. The van der Waals surface area contributed by atoms with Crippen molar-refractivity contribution in [2.45, 2.75) is 6.04 Å². The van der Waals surface area contributed by atoms with Gasteiger partial charge in [0, 0.05) is 31.9 Å². The number of carbonyl (C=O) groups excluding carboxylic acids is 1. The fourth-order valence-electron chi connectivity index (χ4n) is 2.69. The number of morpholine rings is 1. The van der Waals surface area contributed by atoms with E-state index in [2.05, 4.69) is 25.6 Å². The number of aryl methyl sites for hydroxylation is 1. The van der Waals surface area contributed by atoms with Gasteiger partial charge in [0.15, 0.2) is 0 Å². The molecule has 1 aliphatic rings. The minimum atomic E-state index is -0.461. The Balaban J connectivity index is 1.65. The van der Waals surface area contributed by atoms with E-state index in [1.165, 1.54) is 0 Å². The smallest absolute Gasteiger partial charge is 0.246 e. The van der Waals surface area contributed by atoms with Crippen LogP contribution in [0.5, 0.6) is 0 Å². The van der Waals surface area contributed by atoms with Gasteiger partial charge in [-0.1, -0.05) is 0 Å². The molecule has 3 heterocycles. The lowest BCUT2D eigenvalue weighted by Crippen LogP contribution is -2.36. The SMILES string of the molecule is CNC(C(=O)Nc1ccc(N2CCOCC2)nc1)c1cnn(C)c1. The standard InChI is InChI=1S/C16H22N6O2/c1-17-15(12-9-19-21(2)11-12)16(23)20-13-3-4-14(18-10-13)22-5-7-24-8-6-22/h3-4,9-11,15,17H,5-8H2,1-2H3,(H,20,23). The Hall–Kier alpha value is -2.45. The molecule has 0 aromatic carbocycles. The first-order valence-corrected chi connectivity index (χ1v) is 7.93. The second kappa shape index (κ2) is 7.41. The molecule has 1 amide bonds. The number of anilines is 2. The second-order valence-corrected chi connectivity index (χ2v) is 5.66. The summed E-state index contributed by atoms with van der Waals surface area (Å²) >= 11 is 0. The van der Waals surface area contributed by atoms with Gasteiger partial charge in [-0.3, -0.25) is 9.48 Å². The van der Waals surface area contributed by atoms with Crippen LogP contribution in [0.3, 0.4) is 0 Å². The van der Waals surface area contributed by atoms with Crippen molar-refractivity contribution in [2.24, 2.45) is 7.05 Å². The number of hydrogen-bond donors (Lipinski definition) is 2. The molecule has 3 rings (SSSR count). The molecule has 1 unspecified atom stereocenters. The lowest BCUT2D eigenvalue weighted by Gasteiger charge is -2.27. The second-order valence-electron chi connectivity index (χ2n) is 5.66. The van der Waals surface area contributed by atoms with Crippen molar-refractivity contribution in [3.63, 3.8) is 0 Å². The van der Waals surface area contributed by atoms with E-state index in [1.807, 2.05) is 25.4 Å². The molecule has 2 N–H and O–H groups in total. The van der Waals surface area contributed by atoms with E-state index < -0.39 is 6.04 Å². The number of nitrogens with one attached hydrogen (secondary N) is 2. The van der Waals surface area contributed by atoms with Crippen molar-refractivity contribution in [3.05, 3.63) is 36.3 Å². The van der Waals surface area contributed by atoms with Crippen molar-refractivity contribution < 1.29 is 9.53 Å². The van der Waals surface area contributed by atoms with Crippen molar-refractivity contribution in [2.75, 3.05) is 43.6 Å². The van der Waals surface area contributed by atoms with E-state index in [-0.39, 0.29) is 5.91 Å². The van der Waals surface area contributed by atoms with Gasteiger partial charge in [0.05, 0.1) is 31.3 Å². The summed E-state index contributed by atoms with van der Waals surface area (Å²) in [5.41, 5.74) is 1.48. The van der Waals surface area contributed by atoms with Gasteiger partial charge in [0.25, 0.3) is 0 Å². The molecule has 0 spiro atoms. The summed E-state index contributed by atoms with van der Waals surface area (Å²) in [5.74, 6) is 0.750. The van der Waals surface area contributed by atoms with E-state index in [0.717, 1.165) is 37.7 Å². The Morgan fingerprint density at radius 1 is 1.29 bits per heavy atom. The monoisotopic (exact) mass is 330 g/mol. The van der Waals surface area contributed by atoms with Gasteiger partial charge in [-0.2, -0.15) is 5.10 Å². The highest BCUT2D eigenvalue weighted by atomic mass is 16.5. The molecule has 1 saturated heterocycles. The third-order valence-corrected chi connectivity index (χ3v) is 3.96. The lowest BCUT2D eigenvalue weighted by molar-refractivity contribution is -0.118. The molecule has 0 radical (unpaired) electrons. The van der Waals surface area contributed by atoms with E-state index in [1.54, 1.807) is 24.1 Å². The number of hydrogen-bond acceptors (Lipinski definition) is 6. The van der Waals surface area contributed by atoms with Crippen molar-refractivity contribution in [1.29, 1.82) is 0 Å². The van der Waals surface area contributed by atoms with Crippen LogP contribution in [0.2, 0.25) is 0 Å². The quantitative estimate of drug-likeness (QED) is 0.833. The van der Waals surface area contributed by atoms with E-state index >= 15 is 0 Å². The molecule has 0 saturated carbocycles. The third-order valence-electron chi connectivity index (χ3n) is 3.96. The highest BCUT2D eigenvalue weighted by molar-refractivity contribution is 5.95. The largest absolute Gasteiger partial charge is 0.378 e. The van der Waals surface area contributed by atoms with Gasteiger partial charge in [-0.15, -0.1) is 0 Å². The average molecular weight is 330 g/mol. The van der Waals surface area contributed by atoms with Gasteiger partial charge < -0.3 is 20.3 Å². The maximum atomic E-state index is 12.5. The van der Waals surface area contributed by atoms with Crippen LogP contribution in [0.25, 0.3) is 0 Å². The van der Waals surface area contributed by atoms with Crippen molar-refractivity contribution >= 4 is 17.4 Å². The topological polar surface area (TPSA) is 84.3 Å². The van der Waals surface area contributed by atoms with Crippen LogP contribution in [-0.2, 0) is 16.6 Å². The summed E-state index contributed by atoms with van der Waals surface area (Å²) in [4.78, 5) is 19.1. The Bertz CT molecular complexity index is 678. The molecule has 1 aliphatic heterocycles. The molecule has 0 aliphatic carbocycles. The predicted octanol–water partition coefficient (Wildman–Crippen LogP) is 0.551. The zero-order valence-corrected chi connectivity index (χ0v) is 13.9. The third kappa shape index (κ3) is 3.72. The van der Waals surface area contributed by atoms with Crippen LogP contribution >= 0.6 is 0 Å². The molecule has 2 aromatic rings. The molecular formula is C16H22N6O2. The number of carbonyl (C=O) groups is 1. The number of amides is 1. The van der Waals surface area contributed by atoms with Crippen LogP contribution < -0.4 is 15.5 Å². The first-order chi connectivity index (χ1) is 11.7. The van der Waals surface area contributed by atoms with Crippen LogP contribution in [0.4, 0.5) is 11.5 Å². The Kier molecular flexibility index (Phi) is 5.07. The number of pyridine rings is 1. The number of likely N-dealkylation sites (N-methyl/N-ethyl adjacent to an activating group) is 1. The van der Waals surface area contributed by atoms with Gasteiger partial charge >= 0.3 is 0 Å². The molecule has 24 heavy (non-hydrogen) atoms. The summed E-state index contributed by atoms with van der Waals surface area (Å²) < 4.78 is 7.01. The molecule has 0 bridgehead atoms. The van der Waals surface area contributed by atoms with E-state index in [9.17, 15) is 4.79 Å². The summed E-state index contributed by atoms with van der Waals surface area (Å²) in [6.07, 6.45) is 5.18. The Morgan fingerprint density at radius 2 is 2.08 bits per heavy atom. The first kappa shape index (κ1) is 16.4. The summed E-state index contributed by atoms with van der Waals surface area (Å²) in [6, 6.07) is 3.32. The molecular weight excluding hydrogens is 308 g/mol. The summed E-state index contributed by atoms with van der Waals surface area (Å²) in [7, 11) is 3.57. The molecule has 2 aromatic heterocycles. The lowest BCUT2D eigenvalue weighted by atomic mass is 10.1. The highest BCUT2D eigenvalue weighted by Gasteiger charge is 2.20. The van der Waals surface area contributed by atoms with Gasteiger partial charge in [0.2, 0.25) is 5.91 Å². The molecule has 8 heteroatoms. The van der Waals surface area contributed by atoms with Crippen LogP contribution in [0.15, 0.2) is 30.7 Å². The fraction of sp³-hybridized carbons (Fsp3) is 0.438. The average Bonchev–Trinajstić information content (AvgIpc) is 3.03. The summed E-state index contributed by atoms with van der Waals surface area (Å²) in [6.45, 7) is 3.10. The predicted molar refractivity (Wildman–Crippen MR) is 90.9 cm³/mol. The summed E-state index contributed by atoms with van der Waals surface area (Å²) in [5, 5.41) is 10.0. The van der Waals surface area contributed by atoms with Crippen LogP contribution in [0, 0.1) is 0 Å².